The van der Waals surface area contributed by atoms with Crippen molar-refractivity contribution in [1.82, 2.24) is 5.16 Å². The summed E-state index contributed by atoms with van der Waals surface area (Å²) < 4.78 is 5.53. The van der Waals surface area contributed by atoms with Crippen molar-refractivity contribution in [3.05, 3.63) is 41.1 Å². The summed E-state index contributed by atoms with van der Waals surface area (Å²) >= 11 is 0. The summed E-state index contributed by atoms with van der Waals surface area (Å²) in [6.07, 6.45) is 4.69. The highest BCUT2D eigenvalue weighted by Gasteiger charge is 2.20. The van der Waals surface area contributed by atoms with Gasteiger partial charge < -0.3 is 4.52 Å². The lowest BCUT2D eigenvalue weighted by molar-refractivity contribution is 0.423. The van der Waals surface area contributed by atoms with Gasteiger partial charge in [0.25, 0.3) is 0 Å². The second-order valence-electron chi connectivity index (χ2n) is 4.46. The number of hydrogen-bond acceptors (Lipinski definition) is 2. The van der Waals surface area contributed by atoms with Gasteiger partial charge in [-0.05, 0) is 38.2 Å². The van der Waals surface area contributed by atoms with Gasteiger partial charge in [0.05, 0.1) is 5.69 Å². The lowest BCUT2D eigenvalue weighted by atomic mass is 9.93. The van der Waals surface area contributed by atoms with Crippen LogP contribution in [-0.2, 0) is 12.8 Å². The fraction of sp³-hybridized carbons (Fsp3) is 0.357. The molecule has 0 bridgehead atoms. The van der Waals surface area contributed by atoms with Gasteiger partial charge in [-0.15, -0.1) is 0 Å². The zero-order valence-corrected chi connectivity index (χ0v) is 9.49. The second kappa shape index (κ2) is 3.78. The molecule has 16 heavy (non-hydrogen) atoms. The highest BCUT2D eigenvalue weighted by molar-refractivity contribution is 5.65. The lowest BCUT2D eigenvalue weighted by Crippen LogP contribution is -2.01. The van der Waals surface area contributed by atoms with Crippen LogP contribution in [0, 0.1) is 6.92 Å². The lowest BCUT2D eigenvalue weighted by Gasteiger charge is -2.10. The van der Waals surface area contributed by atoms with Gasteiger partial charge in [-0.1, -0.05) is 29.4 Å². The number of benzene rings is 1. The standard InChI is InChI=1S/C14H15NO/c1-10-6-2-3-7-11(10)14-12-8-4-5-9-13(12)15-16-14/h2-3,6-7H,4-5,8-9H2,1H3. The van der Waals surface area contributed by atoms with Crippen molar-refractivity contribution in [2.75, 3.05) is 0 Å². The predicted molar refractivity (Wildman–Crippen MR) is 63.3 cm³/mol. The average Bonchev–Trinajstić information content (AvgIpc) is 2.74. The first-order valence-corrected chi connectivity index (χ1v) is 5.89. The minimum Gasteiger partial charge on any atom is -0.356 e. The van der Waals surface area contributed by atoms with E-state index in [0.29, 0.717) is 0 Å². The van der Waals surface area contributed by atoms with Gasteiger partial charge in [0.15, 0.2) is 5.76 Å². The molecule has 0 unspecified atom stereocenters. The molecule has 2 heteroatoms. The number of rotatable bonds is 1. The number of aromatic nitrogens is 1. The molecule has 0 saturated carbocycles. The van der Waals surface area contributed by atoms with E-state index >= 15 is 0 Å². The van der Waals surface area contributed by atoms with Crippen LogP contribution in [-0.4, -0.2) is 5.16 Å². The first kappa shape index (κ1) is 9.64. The van der Waals surface area contributed by atoms with E-state index in [0.717, 1.165) is 18.6 Å². The van der Waals surface area contributed by atoms with Crippen LogP contribution in [0.4, 0.5) is 0 Å². The van der Waals surface area contributed by atoms with Gasteiger partial charge in [0.1, 0.15) is 0 Å². The molecule has 2 aromatic rings. The highest BCUT2D eigenvalue weighted by atomic mass is 16.5. The van der Waals surface area contributed by atoms with Crippen molar-refractivity contribution in [3.63, 3.8) is 0 Å². The van der Waals surface area contributed by atoms with E-state index in [4.69, 9.17) is 4.52 Å². The van der Waals surface area contributed by atoms with Gasteiger partial charge in [-0.2, -0.15) is 0 Å². The molecule has 3 rings (SSSR count). The molecule has 0 amide bonds. The molecule has 1 aliphatic carbocycles. The summed E-state index contributed by atoms with van der Waals surface area (Å²) in [6.45, 7) is 2.12. The van der Waals surface area contributed by atoms with Crippen molar-refractivity contribution in [2.24, 2.45) is 0 Å². The molecule has 2 nitrogen and oxygen atoms in total. The Morgan fingerprint density at radius 3 is 2.81 bits per heavy atom. The molecule has 0 aliphatic heterocycles. The van der Waals surface area contributed by atoms with Gasteiger partial charge >= 0.3 is 0 Å². The summed E-state index contributed by atoms with van der Waals surface area (Å²) in [7, 11) is 0. The third-order valence-corrected chi connectivity index (χ3v) is 3.35. The molecule has 0 atom stereocenters. The zero-order valence-electron chi connectivity index (χ0n) is 9.49. The normalized spacial score (nSPS) is 14.8. The maximum atomic E-state index is 5.53. The summed E-state index contributed by atoms with van der Waals surface area (Å²) in [4.78, 5) is 0. The highest BCUT2D eigenvalue weighted by Crippen LogP contribution is 2.32. The third kappa shape index (κ3) is 1.45. The number of nitrogens with zero attached hydrogens (tertiary/aromatic N) is 1. The fourth-order valence-corrected chi connectivity index (χ4v) is 2.43. The number of hydrogen-bond donors (Lipinski definition) is 0. The van der Waals surface area contributed by atoms with Gasteiger partial charge in [-0.25, -0.2) is 0 Å². The minimum absolute atomic E-state index is 0.993. The Hall–Kier alpha value is -1.57. The van der Waals surface area contributed by atoms with Crippen LogP contribution in [0.2, 0.25) is 0 Å². The smallest absolute Gasteiger partial charge is 0.170 e. The molecular formula is C14H15NO. The van der Waals surface area contributed by atoms with Crippen LogP contribution >= 0.6 is 0 Å². The molecule has 1 aromatic carbocycles. The Labute approximate surface area is 95.3 Å². The Bertz CT molecular complexity index is 513. The second-order valence-corrected chi connectivity index (χ2v) is 4.46. The average molecular weight is 213 g/mol. The SMILES string of the molecule is Cc1ccccc1-c1onc2c1CCCC2. The molecule has 82 valence electrons. The molecule has 1 aliphatic rings. The monoisotopic (exact) mass is 213 g/mol. The number of fused-ring (bicyclic) bond motifs is 1. The van der Waals surface area contributed by atoms with Crippen molar-refractivity contribution in [2.45, 2.75) is 32.6 Å². The van der Waals surface area contributed by atoms with E-state index in [2.05, 4.69) is 36.3 Å². The van der Waals surface area contributed by atoms with E-state index in [1.165, 1.54) is 35.2 Å². The molecule has 0 saturated heterocycles. The first-order valence-electron chi connectivity index (χ1n) is 5.89. The molecular weight excluding hydrogens is 198 g/mol. The van der Waals surface area contributed by atoms with Gasteiger partial charge in [0, 0.05) is 11.1 Å². The van der Waals surface area contributed by atoms with Crippen LogP contribution in [0.1, 0.15) is 29.7 Å². The van der Waals surface area contributed by atoms with Crippen molar-refractivity contribution in [1.29, 1.82) is 0 Å². The van der Waals surface area contributed by atoms with Crippen molar-refractivity contribution in [3.8, 4) is 11.3 Å². The molecule has 0 spiro atoms. The van der Waals surface area contributed by atoms with Gasteiger partial charge in [-0.3, -0.25) is 0 Å². The molecule has 1 heterocycles. The molecule has 1 aromatic heterocycles. The Kier molecular flexibility index (Phi) is 2.28. The fourth-order valence-electron chi connectivity index (χ4n) is 2.43. The largest absolute Gasteiger partial charge is 0.356 e. The molecule has 0 N–H and O–H groups in total. The number of aryl methyl sites for hydroxylation is 2. The summed E-state index contributed by atoms with van der Waals surface area (Å²) in [6, 6.07) is 8.35. The summed E-state index contributed by atoms with van der Waals surface area (Å²) in [5.41, 5.74) is 4.95. The first-order chi connectivity index (χ1) is 7.86. The van der Waals surface area contributed by atoms with Crippen LogP contribution in [0.15, 0.2) is 28.8 Å². The van der Waals surface area contributed by atoms with E-state index in [1.807, 2.05) is 0 Å². The Balaban J connectivity index is 2.13. The van der Waals surface area contributed by atoms with Gasteiger partial charge in [0.2, 0.25) is 0 Å². The Morgan fingerprint density at radius 1 is 1.12 bits per heavy atom. The minimum atomic E-state index is 0.993. The topological polar surface area (TPSA) is 26.0 Å². The zero-order chi connectivity index (χ0) is 11.0. The van der Waals surface area contributed by atoms with Crippen molar-refractivity contribution < 1.29 is 4.52 Å². The van der Waals surface area contributed by atoms with Crippen LogP contribution in [0.3, 0.4) is 0 Å². The summed E-state index contributed by atoms with van der Waals surface area (Å²) in [5, 5.41) is 4.20. The maximum absolute atomic E-state index is 5.53. The van der Waals surface area contributed by atoms with Crippen molar-refractivity contribution >= 4 is 0 Å². The van der Waals surface area contributed by atoms with Crippen LogP contribution < -0.4 is 0 Å². The Morgan fingerprint density at radius 2 is 1.94 bits per heavy atom. The van der Waals surface area contributed by atoms with Crippen LogP contribution in [0.5, 0.6) is 0 Å². The molecule has 0 fully saturated rings. The summed E-state index contributed by atoms with van der Waals surface area (Å²) in [5.74, 6) is 0.993. The third-order valence-electron chi connectivity index (χ3n) is 3.35. The van der Waals surface area contributed by atoms with Crippen LogP contribution in [0.25, 0.3) is 11.3 Å². The predicted octanol–water partition coefficient (Wildman–Crippen LogP) is 3.53. The van der Waals surface area contributed by atoms with E-state index in [-0.39, 0.29) is 0 Å². The maximum Gasteiger partial charge on any atom is 0.170 e. The van der Waals surface area contributed by atoms with E-state index in [1.54, 1.807) is 0 Å². The van der Waals surface area contributed by atoms with E-state index < -0.39 is 0 Å². The quantitative estimate of drug-likeness (QED) is 0.724. The van der Waals surface area contributed by atoms with E-state index in [9.17, 15) is 0 Å². The molecule has 0 radical (unpaired) electrons.